The van der Waals surface area contributed by atoms with Gasteiger partial charge in [-0.2, -0.15) is 5.10 Å². The standard InChI is InChI=1S/C18H17Cl2N3O3/c1-11(12-3-2-4-14(24)9-12)22-23-18(26)8-7-17(25)21-16-6-5-13(19)10-15(16)20/h2-6,9-10,24H,7-8H2,1H3,(H,21,25)(H,23,26)/b22-11-. The summed E-state index contributed by atoms with van der Waals surface area (Å²) in [6, 6.07) is 11.2. The Morgan fingerprint density at radius 3 is 2.50 bits per heavy atom. The van der Waals surface area contributed by atoms with Gasteiger partial charge in [-0.25, -0.2) is 5.43 Å². The van der Waals surface area contributed by atoms with E-state index in [4.69, 9.17) is 23.2 Å². The van der Waals surface area contributed by atoms with Gasteiger partial charge >= 0.3 is 0 Å². The summed E-state index contributed by atoms with van der Waals surface area (Å²) in [5.74, 6) is -0.638. The first kappa shape index (κ1) is 19.8. The number of nitrogens with one attached hydrogen (secondary N) is 2. The molecule has 2 aromatic carbocycles. The van der Waals surface area contributed by atoms with E-state index in [9.17, 15) is 14.7 Å². The van der Waals surface area contributed by atoms with Crippen molar-refractivity contribution >= 4 is 46.4 Å². The highest BCUT2D eigenvalue weighted by Crippen LogP contribution is 2.25. The van der Waals surface area contributed by atoms with Crippen LogP contribution >= 0.6 is 23.2 Å². The molecule has 0 aromatic heterocycles. The third-order valence-corrected chi connectivity index (χ3v) is 3.94. The summed E-state index contributed by atoms with van der Waals surface area (Å²) in [7, 11) is 0. The van der Waals surface area contributed by atoms with Crippen LogP contribution in [0.2, 0.25) is 10.0 Å². The monoisotopic (exact) mass is 393 g/mol. The van der Waals surface area contributed by atoms with Crippen molar-refractivity contribution in [1.82, 2.24) is 5.43 Å². The van der Waals surface area contributed by atoms with Crippen molar-refractivity contribution in [2.24, 2.45) is 5.10 Å². The predicted molar refractivity (Wildman–Crippen MR) is 103 cm³/mol. The largest absolute Gasteiger partial charge is 0.508 e. The number of amides is 2. The number of hydrogen-bond donors (Lipinski definition) is 3. The number of phenolic OH excluding ortho intramolecular Hbond substituents is 1. The van der Waals surface area contributed by atoms with E-state index >= 15 is 0 Å². The number of hydrogen-bond acceptors (Lipinski definition) is 4. The molecule has 0 unspecified atom stereocenters. The smallest absolute Gasteiger partial charge is 0.240 e. The number of anilines is 1. The van der Waals surface area contributed by atoms with E-state index < -0.39 is 5.91 Å². The first-order valence-corrected chi connectivity index (χ1v) is 8.48. The summed E-state index contributed by atoms with van der Waals surface area (Å²) >= 11 is 11.8. The van der Waals surface area contributed by atoms with Crippen LogP contribution in [0.5, 0.6) is 5.75 Å². The lowest BCUT2D eigenvalue weighted by atomic mass is 10.1. The molecule has 2 aromatic rings. The SMILES string of the molecule is C/C(=N/NC(=O)CCC(=O)Nc1ccc(Cl)cc1Cl)c1cccc(O)c1. The van der Waals surface area contributed by atoms with Crippen molar-refractivity contribution in [3.05, 3.63) is 58.1 Å². The minimum Gasteiger partial charge on any atom is -0.508 e. The fourth-order valence-corrected chi connectivity index (χ4v) is 2.48. The van der Waals surface area contributed by atoms with Crippen LogP contribution in [0.4, 0.5) is 5.69 Å². The molecule has 0 saturated heterocycles. The van der Waals surface area contributed by atoms with Gasteiger partial charge < -0.3 is 10.4 Å². The summed E-state index contributed by atoms with van der Waals surface area (Å²) in [4.78, 5) is 23.7. The lowest BCUT2D eigenvalue weighted by Crippen LogP contribution is -2.21. The molecule has 0 saturated carbocycles. The normalized spacial score (nSPS) is 11.1. The van der Waals surface area contributed by atoms with E-state index in [1.807, 2.05) is 0 Å². The quantitative estimate of drug-likeness (QED) is 0.512. The van der Waals surface area contributed by atoms with Crippen molar-refractivity contribution < 1.29 is 14.7 Å². The van der Waals surface area contributed by atoms with E-state index in [-0.39, 0.29) is 24.5 Å². The molecule has 8 heteroatoms. The Kier molecular flexibility index (Phi) is 7.00. The summed E-state index contributed by atoms with van der Waals surface area (Å²) in [6.07, 6.45) is -0.0562. The third kappa shape index (κ3) is 6.06. The molecule has 3 N–H and O–H groups in total. The molecule has 0 aliphatic heterocycles. The topological polar surface area (TPSA) is 90.8 Å². The minimum atomic E-state index is -0.401. The van der Waals surface area contributed by atoms with Gasteiger partial charge in [-0.1, -0.05) is 35.3 Å². The van der Waals surface area contributed by atoms with Crippen molar-refractivity contribution in [1.29, 1.82) is 0 Å². The average Bonchev–Trinajstić information content (AvgIpc) is 2.60. The van der Waals surface area contributed by atoms with Crippen LogP contribution in [0.25, 0.3) is 0 Å². The van der Waals surface area contributed by atoms with Crippen molar-refractivity contribution in [2.75, 3.05) is 5.32 Å². The van der Waals surface area contributed by atoms with Gasteiger partial charge in [0.05, 0.1) is 16.4 Å². The van der Waals surface area contributed by atoms with E-state index in [1.165, 1.54) is 12.1 Å². The molecule has 136 valence electrons. The highest BCUT2D eigenvalue weighted by molar-refractivity contribution is 6.36. The number of halogens is 2. The van der Waals surface area contributed by atoms with Crippen molar-refractivity contribution in [3.8, 4) is 5.75 Å². The van der Waals surface area contributed by atoms with Crippen LogP contribution in [0.15, 0.2) is 47.6 Å². The Bertz CT molecular complexity index is 853. The molecule has 0 heterocycles. The Labute approximate surface area is 160 Å². The molecular weight excluding hydrogens is 377 g/mol. The van der Waals surface area contributed by atoms with Crippen LogP contribution in [0.3, 0.4) is 0 Å². The molecule has 26 heavy (non-hydrogen) atoms. The van der Waals surface area contributed by atoms with Gasteiger partial charge in [0.1, 0.15) is 5.75 Å². The number of hydrazone groups is 1. The first-order valence-electron chi connectivity index (χ1n) is 7.72. The molecule has 0 radical (unpaired) electrons. The Balaban J connectivity index is 1.82. The van der Waals surface area contributed by atoms with Gasteiger partial charge in [-0.3, -0.25) is 9.59 Å². The zero-order valence-corrected chi connectivity index (χ0v) is 15.4. The van der Waals surface area contributed by atoms with E-state index in [0.29, 0.717) is 27.0 Å². The molecule has 0 spiro atoms. The molecule has 0 aliphatic rings. The highest BCUT2D eigenvalue weighted by atomic mass is 35.5. The molecule has 6 nitrogen and oxygen atoms in total. The van der Waals surface area contributed by atoms with Crippen molar-refractivity contribution in [3.63, 3.8) is 0 Å². The van der Waals surface area contributed by atoms with E-state index in [1.54, 1.807) is 37.3 Å². The Morgan fingerprint density at radius 2 is 1.81 bits per heavy atom. The van der Waals surface area contributed by atoms with Crippen LogP contribution in [-0.4, -0.2) is 22.6 Å². The Morgan fingerprint density at radius 1 is 1.08 bits per heavy atom. The molecule has 0 atom stereocenters. The molecule has 0 aliphatic carbocycles. The predicted octanol–water partition coefficient (Wildman–Crippen LogP) is 3.96. The van der Waals surface area contributed by atoms with Crippen LogP contribution in [-0.2, 0) is 9.59 Å². The number of benzene rings is 2. The molecule has 0 fully saturated rings. The number of phenols is 1. The first-order chi connectivity index (χ1) is 12.3. The maximum atomic E-state index is 11.9. The molecule has 2 amide bonds. The number of rotatable bonds is 6. The van der Waals surface area contributed by atoms with Gasteiger partial charge in [0.15, 0.2) is 0 Å². The number of nitrogens with zero attached hydrogens (tertiary/aromatic N) is 1. The second kappa shape index (κ2) is 9.22. The van der Waals surface area contributed by atoms with Crippen LogP contribution in [0.1, 0.15) is 25.3 Å². The maximum absolute atomic E-state index is 11.9. The highest BCUT2D eigenvalue weighted by Gasteiger charge is 2.09. The van der Waals surface area contributed by atoms with Crippen LogP contribution in [0, 0.1) is 0 Å². The lowest BCUT2D eigenvalue weighted by molar-refractivity contribution is -0.124. The summed E-state index contributed by atoms with van der Waals surface area (Å²) in [5, 5.41) is 16.8. The molecule has 2 rings (SSSR count). The summed E-state index contributed by atoms with van der Waals surface area (Å²) in [6.45, 7) is 1.70. The summed E-state index contributed by atoms with van der Waals surface area (Å²) in [5.41, 5.74) is 4.03. The third-order valence-electron chi connectivity index (χ3n) is 3.40. The second-order valence-corrected chi connectivity index (χ2v) is 6.30. The number of carbonyl (C=O) groups is 2. The fraction of sp³-hybridized carbons (Fsp3) is 0.167. The van der Waals surface area contributed by atoms with Gasteiger partial charge in [-0.15, -0.1) is 0 Å². The number of carbonyl (C=O) groups excluding carboxylic acids is 2. The minimum absolute atomic E-state index is 0.0223. The van der Waals surface area contributed by atoms with Crippen molar-refractivity contribution in [2.45, 2.75) is 19.8 Å². The maximum Gasteiger partial charge on any atom is 0.240 e. The van der Waals surface area contributed by atoms with Gasteiger partial charge in [0, 0.05) is 23.4 Å². The molecule has 0 bridgehead atoms. The lowest BCUT2D eigenvalue weighted by Gasteiger charge is -2.07. The number of aromatic hydroxyl groups is 1. The summed E-state index contributed by atoms with van der Waals surface area (Å²) < 4.78 is 0. The van der Waals surface area contributed by atoms with E-state index in [2.05, 4.69) is 15.8 Å². The Hall–Kier alpha value is -2.57. The van der Waals surface area contributed by atoms with Gasteiger partial charge in [0.25, 0.3) is 0 Å². The second-order valence-electron chi connectivity index (χ2n) is 5.45. The average molecular weight is 394 g/mol. The fourth-order valence-electron chi connectivity index (χ4n) is 2.03. The zero-order chi connectivity index (χ0) is 19.1. The zero-order valence-electron chi connectivity index (χ0n) is 13.9. The molecular formula is C18H17Cl2N3O3. The van der Waals surface area contributed by atoms with Gasteiger partial charge in [0.2, 0.25) is 11.8 Å². The van der Waals surface area contributed by atoms with E-state index in [0.717, 1.165) is 0 Å². The van der Waals surface area contributed by atoms with Crippen LogP contribution < -0.4 is 10.7 Å². The van der Waals surface area contributed by atoms with Gasteiger partial charge in [-0.05, 0) is 37.3 Å².